The number of aryl methyl sites for hydroxylation is 1. The molecular weight excluding hydrogens is 287 g/mol. The van der Waals surface area contributed by atoms with Crippen molar-refractivity contribution in [1.82, 2.24) is 9.97 Å². The van der Waals surface area contributed by atoms with Crippen LogP contribution in [0.25, 0.3) is 11.4 Å². The van der Waals surface area contributed by atoms with Gasteiger partial charge in [0.2, 0.25) is 0 Å². The van der Waals surface area contributed by atoms with Crippen LogP contribution < -0.4 is 9.47 Å². The zero-order chi connectivity index (χ0) is 14.0. The van der Waals surface area contributed by atoms with E-state index in [0.717, 1.165) is 5.69 Å². The van der Waals surface area contributed by atoms with Crippen LogP contribution in [0.3, 0.4) is 0 Å². The molecule has 0 bridgehead atoms. The zero-order valence-electron chi connectivity index (χ0n) is 10.7. The molecule has 0 aliphatic heterocycles. The van der Waals surface area contributed by atoms with E-state index in [1.54, 1.807) is 25.3 Å². The summed E-state index contributed by atoms with van der Waals surface area (Å²) in [5, 5.41) is 0.761. The first-order chi connectivity index (χ1) is 9.06. The number of hydrogen-bond acceptors (Lipinski definition) is 4. The third-order valence-corrected chi connectivity index (χ3v) is 3.12. The molecule has 0 aliphatic rings. The number of nitrogens with zero attached hydrogens (tertiary/aromatic N) is 2. The fraction of sp³-hybridized carbons (Fsp3) is 0.231. The van der Waals surface area contributed by atoms with E-state index in [-0.39, 0.29) is 0 Å². The van der Waals surface area contributed by atoms with Crippen molar-refractivity contribution in [3.8, 4) is 22.9 Å². The molecule has 0 atom stereocenters. The van der Waals surface area contributed by atoms with Crippen LogP contribution in [-0.4, -0.2) is 24.2 Å². The second-order valence-corrected chi connectivity index (χ2v) is 4.58. The van der Waals surface area contributed by atoms with Gasteiger partial charge in [0.1, 0.15) is 5.15 Å². The number of methoxy groups -OCH3 is 2. The quantitative estimate of drug-likeness (QED) is 0.809. The van der Waals surface area contributed by atoms with Gasteiger partial charge >= 0.3 is 0 Å². The van der Waals surface area contributed by atoms with Gasteiger partial charge in [0.15, 0.2) is 17.3 Å². The fourth-order valence-corrected chi connectivity index (χ4v) is 2.27. The van der Waals surface area contributed by atoms with E-state index in [9.17, 15) is 0 Å². The summed E-state index contributed by atoms with van der Waals surface area (Å²) in [5.74, 6) is 1.45. The minimum absolute atomic E-state index is 0.369. The molecule has 1 aromatic heterocycles. The number of benzene rings is 1. The lowest BCUT2D eigenvalue weighted by atomic mass is 10.2. The van der Waals surface area contributed by atoms with E-state index in [0.29, 0.717) is 33.1 Å². The molecular formula is C13H12Cl2N2O2. The highest BCUT2D eigenvalue weighted by Crippen LogP contribution is 2.40. The summed E-state index contributed by atoms with van der Waals surface area (Å²) < 4.78 is 10.4. The first kappa shape index (κ1) is 13.9. The summed E-state index contributed by atoms with van der Waals surface area (Å²) in [7, 11) is 3.07. The van der Waals surface area contributed by atoms with Gasteiger partial charge in [-0.3, -0.25) is 0 Å². The lowest BCUT2D eigenvalue weighted by Gasteiger charge is -2.12. The summed E-state index contributed by atoms with van der Waals surface area (Å²) in [6, 6.07) is 5.20. The minimum Gasteiger partial charge on any atom is -0.493 e. The Balaban J connectivity index is 2.62. The molecule has 0 spiro atoms. The van der Waals surface area contributed by atoms with Crippen molar-refractivity contribution < 1.29 is 9.47 Å². The van der Waals surface area contributed by atoms with E-state index in [4.69, 9.17) is 32.7 Å². The number of aromatic nitrogens is 2. The Morgan fingerprint density at radius 2 is 1.79 bits per heavy atom. The molecule has 0 radical (unpaired) electrons. The van der Waals surface area contributed by atoms with Crippen molar-refractivity contribution in [2.45, 2.75) is 6.92 Å². The van der Waals surface area contributed by atoms with Crippen molar-refractivity contribution in [3.05, 3.63) is 34.1 Å². The standard InChI is InChI=1S/C13H12Cl2N2O2/c1-7-6-10(14)17-13(16-7)8-4-5-9(18-2)12(19-3)11(8)15/h4-6H,1-3H3. The molecule has 4 nitrogen and oxygen atoms in total. The van der Waals surface area contributed by atoms with E-state index in [2.05, 4.69) is 9.97 Å². The highest BCUT2D eigenvalue weighted by molar-refractivity contribution is 6.35. The highest BCUT2D eigenvalue weighted by Gasteiger charge is 2.16. The van der Waals surface area contributed by atoms with Gasteiger partial charge in [0.25, 0.3) is 0 Å². The summed E-state index contributed by atoms with van der Waals surface area (Å²) in [5.41, 5.74) is 1.41. The molecule has 0 N–H and O–H groups in total. The van der Waals surface area contributed by atoms with Crippen LogP contribution in [0.4, 0.5) is 0 Å². The molecule has 6 heteroatoms. The normalized spacial score (nSPS) is 10.4. The molecule has 0 fully saturated rings. The molecule has 0 aliphatic carbocycles. The predicted molar refractivity (Wildman–Crippen MR) is 75.3 cm³/mol. The zero-order valence-corrected chi connectivity index (χ0v) is 12.2. The monoisotopic (exact) mass is 298 g/mol. The van der Waals surface area contributed by atoms with Gasteiger partial charge in [-0.15, -0.1) is 0 Å². The van der Waals surface area contributed by atoms with Crippen LogP contribution >= 0.6 is 23.2 Å². The molecule has 0 unspecified atom stereocenters. The first-order valence-corrected chi connectivity index (χ1v) is 6.24. The van der Waals surface area contributed by atoms with Crippen LogP contribution in [0.5, 0.6) is 11.5 Å². The topological polar surface area (TPSA) is 44.2 Å². The van der Waals surface area contributed by atoms with Crippen LogP contribution in [0.2, 0.25) is 10.2 Å². The summed E-state index contributed by atoms with van der Waals surface area (Å²) in [4.78, 5) is 8.49. The molecule has 0 saturated heterocycles. The predicted octanol–water partition coefficient (Wildman–Crippen LogP) is 3.78. The Morgan fingerprint density at radius 1 is 1.05 bits per heavy atom. The first-order valence-electron chi connectivity index (χ1n) is 5.49. The van der Waals surface area contributed by atoms with Crippen molar-refractivity contribution >= 4 is 23.2 Å². The van der Waals surface area contributed by atoms with Gasteiger partial charge in [-0.25, -0.2) is 9.97 Å². The lowest BCUT2D eigenvalue weighted by molar-refractivity contribution is 0.355. The Hall–Kier alpha value is -1.52. The number of halogens is 2. The third-order valence-electron chi connectivity index (χ3n) is 2.55. The molecule has 0 amide bonds. The SMILES string of the molecule is COc1ccc(-c2nc(C)cc(Cl)n2)c(Cl)c1OC. The van der Waals surface area contributed by atoms with Gasteiger partial charge in [-0.05, 0) is 25.1 Å². The summed E-state index contributed by atoms with van der Waals surface area (Å²) in [6.07, 6.45) is 0. The summed E-state index contributed by atoms with van der Waals surface area (Å²) in [6.45, 7) is 1.84. The van der Waals surface area contributed by atoms with Crippen molar-refractivity contribution in [2.75, 3.05) is 14.2 Å². The maximum atomic E-state index is 6.30. The van der Waals surface area contributed by atoms with Gasteiger partial charge in [0.05, 0.1) is 19.2 Å². The number of hydrogen-bond donors (Lipinski definition) is 0. The maximum Gasteiger partial charge on any atom is 0.180 e. The van der Waals surface area contributed by atoms with Crippen molar-refractivity contribution in [3.63, 3.8) is 0 Å². The van der Waals surface area contributed by atoms with Crippen LogP contribution in [0.15, 0.2) is 18.2 Å². The average molecular weight is 299 g/mol. The van der Waals surface area contributed by atoms with Gasteiger partial charge in [-0.2, -0.15) is 0 Å². The minimum atomic E-state index is 0.369. The number of ether oxygens (including phenoxy) is 2. The van der Waals surface area contributed by atoms with Gasteiger partial charge in [-0.1, -0.05) is 23.2 Å². The molecule has 2 rings (SSSR count). The van der Waals surface area contributed by atoms with Crippen molar-refractivity contribution in [1.29, 1.82) is 0 Å². The lowest BCUT2D eigenvalue weighted by Crippen LogP contribution is -1.96. The Kier molecular flexibility index (Phi) is 4.12. The van der Waals surface area contributed by atoms with Crippen molar-refractivity contribution in [2.24, 2.45) is 0 Å². The molecule has 1 heterocycles. The van der Waals surface area contributed by atoms with Gasteiger partial charge in [0, 0.05) is 11.3 Å². The van der Waals surface area contributed by atoms with E-state index in [1.165, 1.54) is 7.11 Å². The largest absolute Gasteiger partial charge is 0.493 e. The number of rotatable bonds is 3. The Labute approximate surface area is 121 Å². The second kappa shape index (κ2) is 5.63. The van der Waals surface area contributed by atoms with E-state index >= 15 is 0 Å². The van der Waals surface area contributed by atoms with E-state index in [1.807, 2.05) is 6.92 Å². The van der Waals surface area contributed by atoms with Gasteiger partial charge < -0.3 is 9.47 Å². The molecule has 0 saturated carbocycles. The molecule has 2 aromatic rings. The maximum absolute atomic E-state index is 6.30. The van der Waals surface area contributed by atoms with Crippen LogP contribution in [-0.2, 0) is 0 Å². The average Bonchev–Trinajstić information content (AvgIpc) is 2.36. The van der Waals surface area contributed by atoms with E-state index < -0.39 is 0 Å². The smallest absolute Gasteiger partial charge is 0.180 e. The fourth-order valence-electron chi connectivity index (χ4n) is 1.71. The van der Waals surface area contributed by atoms with Crippen LogP contribution in [0, 0.1) is 6.92 Å². The summed E-state index contributed by atoms with van der Waals surface area (Å²) >= 11 is 12.2. The van der Waals surface area contributed by atoms with Crippen LogP contribution in [0.1, 0.15) is 5.69 Å². The highest BCUT2D eigenvalue weighted by atomic mass is 35.5. The molecule has 19 heavy (non-hydrogen) atoms. The second-order valence-electron chi connectivity index (χ2n) is 3.82. The Bertz CT molecular complexity index is 598. The molecule has 100 valence electrons. The Morgan fingerprint density at radius 3 is 2.37 bits per heavy atom. The molecule has 1 aromatic carbocycles. The third kappa shape index (κ3) is 2.74.